The van der Waals surface area contributed by atoms with Gasteiger partial charge in [-0.05, 0) is 31.0 Å². The molecule has 0 bridgehead atoms. The Labute approximate surface area is 154 Å². The first-order valence-corrected chi connectivity index (χ1v) is 9.34. The van der Waals surface area contributed by atoms with Gasteiger partial charge in [0.15, 0.2) is 11.5 Å². The van der Waals surface area contributed by atoms with Crippen molar-refractivity contribution in [2.24, 2.45) is 0 Å². The van der Waals surface area contributed by atoms with Crippen molar-refractivity contribution in [3.63, 3.8) is 0 Å². The predicted octanol–water partition coefficient (Wildman–Crippen LogP) is 2.55. The van der Waals surface area contributed by atoms with Gasteiger partial charge in [0, 0.05) is 23.5 Å². The molecule has 1 aromatic carbocycles. The maximum absolute atomic E-state index is 12.6. The number of ether oxygens (including phenoxy) is 2. The molecule has 1 fully saturated rings. The lowest BCUT2D eigenvalue weighted by Crippen LogP contribution is -2.37. The molecule has 0 radical (unpaired) electrons. The summed E-state index contributed by atoms with van der Waals surface area (Å²) in [5.41, 5.74) is 1.62. The highest BCUT2D eigenvalue weighted by Gasteiger charge is 2.30. The second kappa shape index (κ2) is 6.95. The molecule has 1 aromatic heterocycles. The third-order valence-corrected chi connectivity index (χ3v) is 5.55. The van der Waals surface area contributed by atoms with Crippen LogP contribution in [0.5, 0.6) is 11.5 Å². The minimum Gasteiger partial charge on any atom is -0.481 e. The maximum Gasteiger partial charge on any atom is 0.305 e. The lowest BCUT2D eigenvalue weighted by Gasteiger charge is -2.23. The molecule has 7 nitrogen and oxygen atoms in total. The van der Waals surface area contributed by atoms with E-state index >= 15 is 0 Å². The number of aromatic nitrogens is 1. The minimum atomic E-state index is -0.867. The molecule has 136 valence electrons. The van der Waals surface area contributed by atoms with Gasteiger partial charge in [-0.1, -0.05) is 0 Å². The SMILES string of the molecule is O=C(O)CC1CCCN1C(=O)Cc1csc(-c2ccc3c(c2)OCO3)n1. The first-order valence-electron chi connectivity index (χ1n) is 8.46. The highest BCUT2D eigenvalue weighted by atomic mass is 32.1. The summed E-state index contributed by atoms with van der Waals surface area (Å²) in [5.74, 6) is 0.493. The number of benzene rings is 1. The number of hydrogen-bond donors (Lipinski definition) is 1. The number of rotatable bonds is 5. The summed E-state index contributed by atoms with van der Waals surface area (Å²) in [6.07, 6.45) is 1.79. The quantitative estimate of drug-likeness (QED) is 0.865. The van der Waals surface area contributed by atoms with Crippen LogP contribution >= 0.6 is 11.3 Å². The Kier molecular flexibility index (Phi) is 4.50. The van der Waals surface area contributed by atoms with E-state index in [4.69, 9.17) is 14.6 Å². The second-order valence-corrected chi connectivity index (χ2v) is 7.23. The number of hydrogen-bond acceptors (Lipinski definition) is 6. The number of carbonyl (C=O) groups is 2. The lowest BCUT2D eigenvalue weighted by atomic mass is 10.1. The Balaban J connectivity index is 1.45. The molecular weight excluding hydrogens is 356 g/mol. The zero-order valence-electron chi connectivity index (χ0n) is 14.0. The van der Waals surface area contributed by atoms with Crippen LogP contribution in [-0.4, -0.2) is 46.2 Å². The van der Waals surface area contributed by atoms with Gasteiger partial charge in [-0.25, -0.2) is 4.98 Å². The zero-order valence-corrected chi connectivity index (χ0v) is 14.8. The summed E-state index contributed by atoms with van der Waals surface area (Å²) in [5, 5.41) is 11.7. The standard InChI is InChI=1S/C18H18N2O5S/c21-16(20-5-1-2-13(20)8-17(22)23)7-12-9-26-18(19-12)11-3-4-14-15(6-11)25-10-24-14/h3-4,6,9,13H,1-2,5,7-8,10H2,(H,22,23). The summed E-state index contributed by atoms with van der Waals surface area (Å²) in [7, 11) is 0. The molecule has 1 amide bonds. The summed E-state index contributed by atoms with van der Waals surface area (Å²) in [6, 6.07) is 5.45. The van der Waals surface area contributed by atoms with Crippen LogP contribution in [0.3, 0.4) is 0 Å². The summed E-state index contributed by atoms with van der Waals surface area (Å²) in [4.78, 5) is 29.8. The van der Waals surface area contributed by atoms with Gasteiger partial charge < -0.3 is 19.5 Å². The van der Waals surface area contributed by atoms with Crippen LogP contribution in [0.4, 0.5) is 0 Å². The van der Waals surface area contributed by atoms with Gasteiger partial charge in [0.2, 0.25) is 12.7 Å². The molecule has 8 heteroatoms. The second-order valence-electron chi connectivity index (χ2n) is 6.37. The first-order chi connectivity index (χ1) is 12.6. The van der Waals surface area contributed by atoms with Gasteiger partial charge in [0.25, 0.3) is 0 Å². The molecule has 2 aliphatic rings. The Morgan fingerprint density at radius 2 is 2.15 bits per heavy atom. The predicted molar refractivity (Wildman–Crippen MR) is 94.4 cm³/mol. The van der Waals surface area contributed by atoms with Gasteiger partial charge in [0.05, 0.1) is 18.5 Å². The number of nitrogens with zero attached hydrogens (tertiary/aromatic N) is 2. The van der Waals surface area contributed by atoms with E-state index in [1.807, 2.05) is 23.6 Å². The fourth-order valence-corrected chi connectivity index (χ4v) is 4.20. The molecule has 0 saturated carbocycles. The Bertz CT molecular complexity index is 850. The topological polar surface area (TPSA) is 89.0 Å². The monoisotopic (exact) mass is 374 g/mol. The van der Waals surface area contributed by atoms with E-state index < -0.39 is 5.97 Å². The number of aliphatic carboxylic acids is 1. The van der Waals surface area contributed by atoms with Crippen LogP contribution in [0.15, 0.2) is 23.6 Å². The van der Waals surface area contributed by atoms with E-state index in [9.17, 15) is 9.59 Å². The summed E-state index contributed by atoms with van der Waals surface area (Å²) < 4.78 is 10.7. The Morgan fingerprint density at radius 3 is 3.00 bits per heavy atom. The van der Waals surface area contributed by atoms with E-state index in [1.165, 1.54) is 11.3 Å². The van der Waals surface area contributed by atoms with Crippen molar-refractivity contribution in [2.45, 2.75) is 31.7 Å². The highest BCUT2D eigenvalue weighted by Crippen LogP contribution is 2.36. The first kappa shape index (κ1) is 16.8. The van der Waals surface area contributed by atoms with Crippen molar-refractivity contribution in [1.29, 1.82) is 0 Å². The van der Waals surface area contributed by atoms with Crippen LogP contribution in [0.2, 0.25) is 0 Å². The van der Waals surface area contributed by atoms with Crippen LogP contribution < -0.4 is 9.47 Å². The van der Waals surface area contributed by atoms with Crippen LogP contribution in [0.25, 0.3) is 10.6 Å². The molecule has 26 heavy (non-hydrogen) atoms. The fourth-order valence-electron chi connectivity index (χ4n) is 3.38. The van der Waals surface area contributed by atoms with Gasteiger partial charge >= 0.3 is 5.97 Å². The molecule has 0 aliphatic carbocycles. The van der Waals surface area contributed by atoms with Gasteiger partial charge in [-0.3, -0.25) is 9.59 Å². The number of thiazole rings is 1. The molecule has 1 saturated heterocycles. The van der Waals surface area contributed by atoms with Crippen molar-refractivity contribution in [3.05, 3.63) is 29.3 Å². The van der Waals surface area contributed by atoms with E-state index in [0.717, 1.165) is 29.2 Å². The normalized spacial score (nSPS) is 18.3. The third-order valence-electron chi connectivity index (χ3n) is 4.61. The van der Waals surface area contributed by atoms with Gasteiger partial charge in [0.1, 0.15) is 5.01 Å². The lowest BCUT2D eigenvalue weighted by molar-refractivity contribution is -0.139. The largest absolute Gasteiger partial charge is 0.481 e. The Morgan fingerprint density at radius 1 is 1.31 bits per heavy atom. The third kappa shape index (κ3) is 3.37. The van der Waals surface area contributed by atoms with Crippen molar-refractivity contribution in [2.75, 3.05) is 13.3 Å². The maximum atomic E-state index is 12.6. The number of carboxylic acids is 1. The van der Waals surface area contributed by atoms with Crippen molar-refractivity contribution >= 4 is 23.2 Å². The molecule has 1 atom stereocenters. The average molecular weight is 374 g/mol. The molecule has 4 rings (SSSR count). The number of fused-ring (bicyclic) bond motifs is 1. The molecule has 2 aliphatic heterocycles. The number of likely N-dealkylation sites (tertiary alicyclic amines) is 1. The van der Waals surface area contributed by atoms with Crippen LogP contribution in [-0.2, 0) is 16.0 Å². The van der Waals surface area contributed by atoms with Crippen molar-refractivity contribution in [3.8, 4) is 22.1 Å². The number of carboxylic acid groups (broad SMARTS) is 1. The molecule has 1 unspecified atom stereocenters. The molecule has 1 N–H and O–H groups in total. The van der Waals surface area contributed by atoms with Crippen LogP contribution in [0, 0.1) is 0 Å². The Hall–Kier alpha value is -2.61. The summed E-state index contributed by atoms with van der Waals surface area (Å²) >= 11 is 1.47. The van der Waals surface area contributed by atoms with Gasteiger partial charge in [-0.2, -0.15) is 0 Å². The smallest absolute Gasteiger partial charge is 0.305 e. The molecule has 3 heterocycles. The van der Waals surface area contributed by atoms with Gasteiger partial charge in [-0.15, -0.1) is 11.3 Å². The highest BCUT2D eigenvalue weighted by molar-refractivity contribution is 7.13. The van der Waals surface area contributed by atoms with Crippen molar-refractivity contribution in [1.82, 2.24) is 9.88 Å². The van der Waals surface area contributed by atoms with Crippen molar-refractivity contribution < 1.29 is 24.2 Å². The number of carbonyl (C=O) groups excluding carboxylic acids is 1. The average Bonchev–Trinajstić information content (AvgIpc) is 3.33. The molecular formula is C18H18N2O5S. The fraction of sp³-hybridized carbons (Fsp3) is 0.389. The summed E-state index contributed by atoms with van der Waals surface area (Å²) in [6.45, 7) is 0.847. The number of amides is 1. The van der Waals surface area contributed by atoms with E-state index in [2.05, 4.69) is 4.98 Å². The minimum absolute atomic E-state index is 0.00521. The van der Waals surface area contributed by atoms with E-state index in [0.29, 0.717) is 18.0 Å². The van der Waals surface area contributed by atoms with E-state index in [1.54, 1.807) is 4.90 Å². The van der Waals surface area contributed by atoms with E-state index in [-0.39, 0.29) is 31.6 Å². The zero-order chi connectivity index (χ0) is 18.1. The molecule has 2 aromatic rings. The van der Waals surface area contributed by atoms with Crippen LogP contribution in [0.1, 0.15) is 25.0 Å². The molecule has 0 spiro atoms.